The fourth-order valence-corrected chi connectivity index (χ4v) is 8.15. The summed E-state index contributed by atoms with van der Waals surface area (Å²) in [6.45, 7) is 2.85. The molecule has 0 fully saturated rings. The van der Waals surface area contributed by atoms with Gasteiger partial charge < -0.3 is 18.9 Å². The van der Waals surface area contributed by atoms with Crippen LogP contribution in [0.15, 0.2) is 77.8 Å². The van der Waals surface area contributed by atoms with Crippen molar-refractivity contribution in [3.63, 3.8) is 0 Å². The molecule has 0 radical (unpaired) electrons. The van der Waals surface area contributed by atoms with Crippen LogP contribution < -0.4 is 24.0 Å². The summed E-state index contributed by atoms with van der Waals surface area (Å²) in [5.41, 5.74) is 6.63. The van der Waals surface area contributed by atoms with Crippen molar-refractivity contribution in [1.29, 1.82) is 0 Å². The van der Waals surface area contributed by atoms with E-state index in [1.807, 2.05) is 72.6 Å². The number of carbonyl (C=O) groups is 4. The van der Waals surface area contributed by atoms with Crippen molar-refractivity contribution in [1.82, 2.24) is 0 Å². The van der Waals surface area contributed by atoms with Gasteiger partial charge in [0.05, 0.1) is 63.6 Å². The number of amides is 3. The van der Waals surface area contributed by atoms with E-state index in [0.717, 1.165) is 53.7 Å². The van der Waals surface area contributed by atoms with Gasteiger partial charge in [0, 0.05) is 36.5 Å². The van der Waals surface area contributed by atoms with Crippen LogP contribution in [0.2, 0.25) is 0 Å². The minimum absolute atomic E-state index is 0.0684. The van der Waals surface area contributed by atoms with Crippen LogP contribution in [0.5, 0.6) is 17.2 Å². The minimum atomic E-state index is -0.477. The first-order valence-corrected chi connectivity index (χ1v) is 19.5. The molecule has 0 saturated carbocycles. The van der Waals surface area contributed by atoms with E-state index < -0.39 is 5.97 Å². The monoisotopic (exact) mass is 769 g/mol. The van der Waals surface area contributed by atoms with Gasteiger partial charge in [-0.2, -0.15) is 0 Å². The van der Waals surface area contributed by atoms with E-state index in [1.165, 1.54) is 11.7 Å². The number of anilines is 2. The highest BCUT2D eigenvalue weighted by atomic mass is 16.5. The first-order chi connectivity index (χ1) is 27.8. The average molecular weight is 770 g/mol. The number of unbranched alkanes of at least 4 members (excludes halogenated alkanes) is 2. The molecule has 4 aromatic carbocycles. The van der Waals surface area contributed by atoms with Crippen LogP contribution >= 0.6 is 0 Å². The lowest BCUT2D eigenvalue weighted by molar-refractivity contribution is -0.364. The van der Waals surface area contributed by atoms with Crippen molar-refractivity contribution in [2.45, 2.75) is 70.4 Å². The van der Waals surface area contributed by atoms with Crippen molar-refractivity contribution >= 4 is 58.9 Å². The Morgan fingerprint density at radius 2 is 1.40 bits per heavy atom. The largest absolute Gasteiger partial charge is 0.493 e. The van der Waals surface area contributed by atoms with Crippen LogP contribution in [0.4, 0.5) is 22.7 Å². The van der Waals surface area contributed by atoms with Gasteiger partial charge >= 0.3 is 11.9 Å². The van der Waals surface area contributed by atoms with Crippen LogP contribution in [-0.4, -0.2) is 80.2 Å². The minimum Gasteiger partial charge on any atom is -0.493 e. The van der Waals surface area contributed by atoms with E-state index in [-0.39, 0.29) is 42.6 Å². The third-order valence-corrected chi connectivity index (χ3v) is 11.1. The number of fused-ring (bicyclic) bond motifs is 8. The summed E-state index contributed by atoms with van der Waals surface area (Å²) in [6.07, 6.45) is 7.71. The van der Waals surface area contributed by atoms with Crippen LogP contribution in [-0.2, 0) is 33.6 Å². The Morgan fingerprint density at radius 3 is 2.09 bits per heavy atom. The van der Waals surface area contributed by atoms with E-state index in [0.29, 0.717) is 65.8 Å². The highest BCUT2D eigenvalue weighted by molar-refractivity contribution is 6.15. The molecule has 4 aromatic rings. The lowest BCUT2D eigenvalue weighted by Gasteiger charge is -2.22. The number of ether oxygens (including phenoxy) is 4. The van der Waals surface area contributed by atoms with Gasteiger partial charge in [0.2, 0.25) is 5.69 Å². The summed E-state index contributed by atoms with van der Waals surface area (Å²) in [5, 5.41) is 0. The van der Waals surface area contributed by atoms with Crippen LogP contribution in [0.3, 0.4) is 0 Å². The molecule has 0 saturated heterocycles. The zero-order valence-corrected chi connectivity index (χ0v) is 32.4. The third-order valence-electron chi connectivity index (χ3n) is 11.1. The summed E-state index contributed by atoms with van der Waals surface area (Å²) >= 11 is 0. The molecule has 3 amide bonds. The molecule has 0 bridgehead atoms. The summed E-state index contributed by atoms with van der Waals surface area (Å²) < 4.78 is 24.5. The zero-order chi connectivity index (χ0) is 39.6. The summed E-state index contributed by atoms with van der Waals surface area (Å²) in [4.78, 5) is 61.9. The van der Waals surface area contributed by atoms with Crippen molar-refractivity contribution < 1.29 is 42.7 Å². The lowest BCUT2D eigenvalue weighted by atomic mass is 10.0. The van der Waals surface area contributed by atoms with Crippen LogP contribution in [0.25, 0.3) is 0 Å². The molecule has 2 atom stereocenters. The van der Waals surface area contributed by atoms with Gasteiger partial charge in [-0.25, -0.2) is 4.79 Å². The maximum absolute atomic E-state index is 14.2. The van der Waals surface area contributed by atoms with Gasteiger partial charge in [0.15, 0.2) is 17.7 Å². The smallest absolute Gasteiger partial charge is 0.393 e. The highest BCUT2D eigenvalue weighted by Crippen LogP contribution is 2.42. The number of carbonyl (C=O) groups excluding carboxylic acids is 4. The Hall–Kier alpha value is -6.30. The van der Waals surface area contributed by atoms with E-state index in [2.05, 4.69) is 0 Å². The molecule has 292 valence electrons. The molecule has 12 heteroatoms. The summed E-state index contributed by atoms with van der Waals surface area (Å²) in [7, 11) is 2.86. The second-order valence-corrected chi connectivity index (χ2v) is 14.5. The number of hydrogen-bond donors (Lipinski definition) is 0. The maximum atomic E-state index is 14.2. The lowest BCUT2D eigenvalue weighted by Crippen LogP contribution is -2.38. The molecular weight excluding hydrogens is 725 g/mol. The molecule has 4 heterocycles. The topological polar surface area (TPSA) is 127 Å². The number of rotatable bonds is 13. The second-order valence-electron chi connectivity index (χ2n) is 14.5. The van der Waals surface area contributed by atoms with E-state index in [4.69, 9.17) is 23.9 Å². The average Bonchev–Trinajstić information content (AvgIpc) is 3.73. The van der Waals surface area contributed by atoms with Gasteiger partial charge in [-0.1, -0.05) is 43.3 Å². The standard InChI is InChI=1S/C45H45N4O8/c1-4-28-22-34-38(47(42(50)16-17-43(51)55-3)27-32-21-30-13-7-9-15-37(30)49(32)45(34)53)25-39(28)56-18-10-5-11-19-57-41-24-35-33(23-40(41)54-2)44(52)48-31(26-46-35)20-29-12-6-8-14-36(29)48/h6-9,12-15,22-27,31-32H,4-5,10-11,16-21H2,1-3H3/q+1/t31-,32-/m0/s1. The number of para-hydroxylation sites is 2. The Balaban J connectivity index is 0.925. The van der Waals surface area contributed by atoms with E-state index >= 15 is 0 Å². The number of nitrogens with zero attached hydrogens (tertiary/aromatic N) is 4. The maximum Gasteiger partial charge on any atom is 0.393 e. The Morgan fingerprint density at radius 1 is 0.754 bits per heavy atom. The zero-order valence-electron chi connectivity index (χ0n) is 32.4. The number of benzene rings is 4. The molecule has 0 N–H and O–H groups in total. The SMILES string of the molecule is CCc1cc2c(cc1OCCCCCOc1cc3c(cc1OC)C(=O)N1c4ccccc4C[C@H]1C=N3)[N+](C(=O)CCC(=O)OC)=C[C@@H]1Cc3ccccc3N1C2=O. The van der Waals surface area contributed by atoms with E-state index in [1.54, 1.807) is 36.4 Å². The number of aryl methyl sites for hydroxylation is 1. The van der Waals surface area contributed by atoms with Gasteiger partial charge in [-0.05, 0) is 66.6 Å². The van der Waals surface area contributed by atoms with Crippen LogP contribution in [0, 0.1) is 0 Å². The van der Waals surface area contributed by atoms with Crippen molar-refractivity contribution in [3.05, 3.63) is 101 Å². The van der Waals surface area contributed by atoms with Gasteiger partial charge in [-0.3, -0.25) is 29.2 Å². The van der Waals surface area contributed by atoms with Crippen molar-refractivity contribution in [2.75, 3.05) is 37.2 Å². The predicted octanol–water partition coefficient (Wildman–Crippen LogP) is 6.95. The molecule has 12 nitrogen and oxygen atoms in total. The molecule has 0 aliphatic carbocycles. The van der Waals surface area contributed by atoms with E-state index in [9.17, 15) is 19.2 Å². The second kappa shape index (κ2) is 16.0. The fourth-order valence-electron chi connectivity index (χ4n) is 8.15. The quantitative estimate of drug-likeness (QED) is 0.0813. The van der Waals surface area contributed by atoms with Crippen LogP contribution in [0.1, 0.15) is 76.4 Å². The molecule has 0 spiro atoms. The predicted molar refractivity (Wildman–Crippen MR) is 216 cm³/mol. The molecular formula is C45H45N4O8+. The molecule has 57 heavy (non-hydrogen) atoms. The van der Waals surface area contributed by atoms with Gasteiger partial charge in [0.1, 0.15) is 17.4 Å². The Labute approximate surface area is 331 Å². The molecule has 0 aromatic heterocycles. The molecule has 4 aliphatic rings. The van der Waals surface area contributed by atoms with Gasteiger partial charge in [-0.15, -0.1) is 4.58 Å². The first kappa shape index (κ1) is 37.6. The normalized spacial score (nSPS) is 17.3. The number of methoxy groups -OCH3 is 2. The Kier molecular flexibility index (Phi) is 10.6. The molecule has 8 rings (SSSR count). The first-order valence-electron chi connectivity index (χ1n) is 19.5. The third kappa shape index (κ3) is 7.16. The highest BCUT2D eigenvalue weighted by Gasteiger charge is 2.43. The van der Waals surface area contributed by atoms with Crippen molar-refractivity contribution in [2.24, 2.45) is 4.99 Å². The number of esters is 1. The summed E-state index contributed by atoms with van der Waals surface area (Å²) in [5.74, 6) is 0.524. The van der Waals surface area contributed by atoms with Crippen molar-refractivity contribution in [3.8, 4) is 17.2 Å². The number of aliphatic imine (C=N–C) groups is 1. The Bertz CT molecular complexity index is 2330. The molecule has 0 unspecified atom stereocenters. The fraction of sp³-hybridized carbons (Fsp3) is 0.333. The molecule has 4 aliphatic heterocycles. The van der Waals surface area contributed by atoms with Gasteiger partial charge in [0.25, 0.3) is 11.8 Å². The summed E-state index contributed by atoms with van der Waals surface area (Å²) in [6, 6.07) is 22.4. The number of hydrogen-bond acceptors (Lipinski definition) is 9.